The number of nitrogens with two attached hydrogens (primary N) is 1. The Kier molecular flexibility index (Phi) is 5.39. The van der Waals surface area contributed by atoms with Gasteiger partial charge in [-0.15, -0.1) is 0 Å². The van der Waals surface area contributed by atoms with Gasteiger partial charge in [0.2, 0.25) is 5.91 Å². The van der Waals surface area contributed by atoms with Crippen LogP contribution in [0.1, 0.15) is 39.0 Å². The number of nitrogens with one attached hydrogen (secondary N) is 1. The maximum Gasteiger partial charge on any atom is 0.232 e. The fraction of sp³-hybridized carbons (Fsp3) is 0.909. The van der Waals surface area contributed by atoms with Crippen LogP contribution in [-0.2, 0) is 14.6 Å². The van der Waals surface area contributed by atoms with Gasteiger partial charge in [-0.05, 0) is 25.8 Å². The summed E-state index contributed by atoms with van der Waals surface area (Å²) < 4.78 is 24.1. The van der Waals surface area contributed by atoms with Crippen LogP contribution in [0.5, 0.6) is 0 Å². The van der Waals surface area contributed by atoms with Gasteiger partial charge in [0.15, 0.2) is 9.84 Å². The molecule has 5 nitrogen and oxygen atoms in total. The van der Waals surface area contributed by atoms with Crippen LogP contribution in [-0.4, -0.2) is 37.9 Å². The molecule has 0 bridgehead atoms. The van der Waals surface area contributed by atoms with Crippen molar-refractivity contribution >= 4 is 15.7 Å². The van der Waals surface area contributed by atoms with E-state index in [2.05, 4.69) is 5.32 Å². The van der Waals surface area contributed by atoms with E-state index < -0.39 is 26.7 Å². The second-order valence-electron chi connectivity index (χ2n) is 4.66. The van der Waals surface area contributed by atoms with E-state index in [0.29, 0.717) is 6.42 Å². The Balaban J connectivity index is 2.72. The number of carbonyl (C=O) groups excluding carboxylic acids is 1. The first kappa shape index (κ1) is 14.4. The number of primary amides is 1. The van der Waals surface area contributed by atoms with E-state index in [0.717, 1.165) is 32.2 Å². The molecule has 2 atom stereocenters. The van der Waals surface area contributed by atoms with Crippen LogP contribution >= 0.6 is 0 Å². The van der Waals surface area contributed by atoms with Gasteiger partial charge in [0.05, 0.1) is 5.25 Å². The van der Waals surface area contributed by atoms with Crippen molar-refractivity contribution in [3.8, 4) is 0 Å². The van der Waals surface area contributed by atoms with E-state index in [-0.39, 0.29) is 6.04 Å². The summed E-state index contributed by atoms with van der Waals surface area (Å²) in [5, 5.41) is 2.82. The SMILES string of the molecule is CCCNC1CCCCC1S(=O)(=O)CC(N)=O. The summed E-state index contributed by atoms with van der Waals surface area (Å²) in [4.78, 5) is 10.8. The molecule has 0 aromatic carbocycles. The van der Waals surface area contributed by atoms with Gasteiger partial charge in [0.1, 0.15) is 5.75 Å². The molecule has 0 aromatic heterocycles. The summed E-state index contributed by atoms with van der Waals surface area (Å²) in [5.41, 5.74) is 4.99. The minimum atomic E-state index is -3.40. The molecule has 0 saturated heterocycles. The topological polar surface area (TPSA) is 89.3 Å². The maximum atomic E-state index is 12.0. The summed E-state index contributed by atoms with van der Waals surface area (Å²) in [6.45, 7) is 2.86. The van der Waals surface area contributed by atoms with Crippen LogP contribution in [0.4, 0.5) is 0 Å². The van der Waals surface area contributed by atoms with Gasteiger partial charge >= 0.3 is 0 Å². The van der Waals surface area contributed by atoms with Crippen molar-refractivity contribution in [2.24, 2.45) is 5.73 Å². The first-order chi connectivity index (χ1) is 7.97. The Morgan fingerprint density at radius 1 is 1.35 bits per heavy atom. The smallest absolute Gasteiger partial charge is 0.232 e. The number of hydrogen-bond acceptors (Lipinski definition) is 4. The zero-order valence-electron chi connectivity index (χ0n) is 10.3. The number of sulfone groups is 1. The lowest BCUT2D eigenvalue weighted by Gasteiger charge is -2.31. The quantitative estimate of drug-likeness (QED) is 0.715. The van der Waals surface area contributed by atoms with Crippen molar-refractivity contribution in [1.82, 2.24) is 5.32 Å². The average Bonchev–Trinajstić information content (AvgIpc) is 2.25. The Morgan fingerprint density at radius 2 is 2.00 bits per heavy atom. The van der Waals surface area contributed by atoms with E-state index in [4.69, 9.17) is 5.73 Å². The fourth-order valence-corrected chi connectivity index (χ4v) is 4.26. The zero-order chi connectivity index (χ0) is 12.9. The molecule has 0 heterocycles. The molecule has 1 rings (SSSR count). The summed E-state index contributed by atoms with van der Waals surface area (Å²) in [7, 11) is -3.40. The molecule has 2 unspecified atom stereocenters. The summed E-state index contributed by atoms with van der Waals surface area (Å²) in [6, 6.07) is -0.0203. The molecule has 17 heavy (non-hydrogen) atoms. The fourth-order valence-electron chi connectivity index (χ4n) is 2.40. The molecule has 0 spiro atoms. The zero-order valence-corrected chi connectivity index (χ0v) is 11.1. The monoisotopic (exact) mass is 262 g/mol. The molecule has 0 radical (unpaired) electrons. The second kappa shape index (κ2) is 6.35. The van der Waals surface area contributed by atoms with Gasteiger partial charge in [0.25, 0.3) is 0 Å². The van der Waals surface area contributed by atoms with Crippen molar-refractivity contribution in [3.05, 3.63) is 0 Å². The van der Waals surface area contributed by atoms with Gasteiger partial charge < -0.3 is 11.1 Å². The van der Waals surface area contributed by atoms with E-state index >= 15 is 0 Å². The number of rotatable bonds is 6. The highest BCUT2D eigenvalue weighted by atomic mass is 32.2. The highest BCUT2D eigenvalue weighted by molar-refractivity contribution is 7.92. The van der Waals surface area contributed by atoms with Crippen LogP contribution in [0.15, 0.2) is 0 Å². The Morgan fingerprint density at radius 3 is 2.59 bits per heavy atom. The van der Waals surface area contributed by atoms with Gasteiger partial charge in [-0.25, -0.2) is 8.42 Å². The van der Waals surface area contributed by atoms with Crippen LogP contribution in [0.2, 0.25) is 0 Å². The third-order valence-electron chi connectivity index (χ3n) is 3.16. The lowest BCUT2D eigenvalue weighted by Crippen LogP contribution is -2.48. The minimum Gasteiger partial charge on any atom is -0.369 e. The standard InChI is InChI=1S/C11H22N2O3S/c1-2-7-13-9-5-3-4-6-10(9)17(15,16)8-11(12)14/h9-10,13H,2-8H2,1H3,(H2,12,14). The van der Waals surface area contributed by atoms with Gasteiger partial charge in [-0.1, -0.05) is 19.8 Å². The molecule has 1 saturated carbocycles. The molecule has 1 aliphatic carbocycles. The largest absolute Gasteiger partial charge is 0.369 e. The third kappa shape index (κ3) is 4.27. The second-order valence-corrected chi connectivity index (χ2v) is 6.88. The van der Waals surface area contributed by atoms with Gasteiger partial charge in [-0.3, -0.25) is 4.79 Å². The van der Waals surface area contributed by atoms with Crippen LogP contribution in [0.25, 0.3) is 0 Å². The molecule has 3 N–H and O–H groups in total. The Labute approximate surface area is 103 Å². The lowest BCUT2D eigenvalue weighted by atomic mass is 9.95. The third-order valence-corrected chi connectivity index (χ3v) is 5.34. The Hall–Kier alpha value is -0.620. The molecular formula is C11H22N2O3S. The van der Waals surface area contributed by atoms with Crippen LogP contribution in [0, 0.1) is 0 Å². The minimum absolute atomic E-state index is 0.0203. The molecular weight excluding hydrogens is 240 g/mol. The maximum absolute atomic E-state index is 12.0. The van der Waals surface area contributed by atoms with E-state index in [9.17, 15) is 13.2 Å². The molecule has 100 valence electrons. The van der Waals surface area contributed by atoms with Crippen molar-refractivity contribution in [1.29, 1.82) is 0 Å². The van der Waals surface area contributed by atoms with Gasteiger partial charge in [-0.2, -0.15) is 0 Å². The number of hydrogen-bond donors (Lipinski definition) is 2. The normalized spacial score (nSPS) is 25.7. The van der Waals surface area contributed by atoms with Crippen molar-refractivity contribution in [2.45, 2.75) is 50.3 Å². The molecule has 1 fully saturated rings. The summed E-state index contributed by atoms with van der Waals surface area (Å²) in [5.74, 6) is -1.29. The number of carbonyl (C=O) groups is 1. The molecule has 1 aliphatic rings. The summed E-state index contributed by atoms with van der Waals surface area (Å²) in [6.07, 6.45) is 4.43. The summed E-state index contributed by atoms with van der Waals surface area (Å²) >= 11 is 0. The van der Waals surface area contributed by atoms with Gasteiger partial charge in [0, 0.05) is 6.04 Å². The van der Waals surface area contributed by atoms with Crippen LogP contribution < -0.4 is 11.1 Å². The first-order valence-corrected chi connectivity index (χ1v) is 7.92. The highest BCUT2D eigenvalue weighted by Gasteiger charge is 2.35. The lowest BCUT2D eigenvalue weighted by molar-refractivity contribution is -0.115. The first-order valence-electron chi connectivity index (χ1n) is 6.20. The van der Waals surface area contributed by atoms with E-state index in [1.807, 2.05) is 6.92 Å². The van der Waals surface area contributed by atoms with Crippen LogP contribution in [0.3, 0.4) is 0 Å². The molecule has 1 amide bonds. The van der Waals surface area contributed by atoms with Crippen molar-refractivity contribution in [3.63, 3.8) is 0 Å². The van der Waals surface area contributed by atoms with Crippen molar-refractivity contribution < 1.29 is 13.2 Å². The number of amides is 1. The predicted molar refractivity (Wildman–Crippen MR) is 67.3 cm³/mol. The average molecular weight is 262 g/mol. The Bertz CT molecular complexity index is 354. The molecule has 6 heteroatoms. The predicted octanol–water partition coefficient (Wildman–Crippen LogP) is 0.197. The van der Waals surface area contributed by atoms with Crippen molar-refractivity contribution in [2.75, 3.05) is 12.3 Å². The highest BCUT2D eigenvalue weighted by Crippen LogP contribution is 2.25. The van der Waals surface area contributed by atoms with E-state index in [1.54, 1.807) is 0 Å². The molecule has 0 aromatic rings. The molecule has 0 aliphatic heterocycles. The van der Waals surface area contributed by atoms with E-state index in [1.165, 1.54) is 0 Å².